The van der Waals surface area contributed by atoms with Gasteiger partial charge in [0, 0.05) is 30.4 Å². The van der Waals surface area contributed by atoms with Crippen LogP contribution in [0.15, 0.2) is 23.8 Å². The Morgan fingerprint density at radius 3 is 3.11 bits per heavy atom. The fourth-order valence-corrected chi connectivity index (χ4v) is 2.75. The zero-order chi connectivity index (χ0) is 12.4. The van der Waals surface area contributed by atoms with Gasteiger partial charge in [0.15, 0.2) is 0 Å². The lowest BCUT2D eigenvalue weighted by atomic mass is 10.3. The molecule has 1 saturated carbocycles. The zero-order valence-electron chi connectivity index (χ0n) is 10.7. The van der Waals surface area contributed by atoms with E-state index in [0.717, 1.165) is 25.6 Å². The highest BCUT2D eigenvalue weighted by Gasteiger charge is 2.19. The van der Waals surface area contributed by atoms with Gasteiger partial charge in [-0.25, -0.2) is 4.98 Å². The minimum absolute atomic E-state index is 0.777. The first kappa shape index (κ1) is 11.9. The number of nitrogens with zero attached hydrogens (tertiary/aromatic N) is 2. The van der Waals surface area contributed by atoms with Crippen LogP contribution < -0.4 is 5.32 Å². The molecule has 1 aliphatic carbocycles. The van der Waals surface area contributed by atoms with E-state index in [1.807, 2.05) is 0 Å². The van der Waals surface area contributed by atoms with E-state index in [9.17, 15) is 0 Å². The summed E-state index contributed by atoms with van der Waals surface area (Å²) in [7, 11) is 0. The molecular formula is C14H19N3S. The lowest BCUT2D eigenvalue weighted by Crippen LogP contribution is -2.14. The van der Waals surface area contributed by atoms with Crippen LogP contribution in [0.1, 0.15) is 36.0 Å². The highest BCUT2D eigenvalue weighted by Crippen LogP contribution is 2.19. The van der Waals surface area contributed by atoms with Crippen molar-refractivity contribution in [3.8, 4) is 0 Å². The van der Waals surface area contributed by atoms with Gasteiger partial charge in [-0.15, -0.1) is 11.3 Å². The molecule has 1 aliphatic rings. The second kappa shape index (κ2) is 5.24. The molecule has 4 heteroatoms. The Balaban J connectivity index is 1.58. The zero-order valence-corrected chi connectivity index (χ0v) is 11.5. The van der Waals surface area contributed by atoms with E-state index < -0.39 is 0 Å². The van der Waals surface area contributed by atoms with Crippen molar-refractivity contribution in [2.45, 2.75) is 45.3 Å². The molecule has 0 amide bonds. The number of aryl methyl sites for hydroxylation is 1. The topological polar surface area (TPSA) is 29.9 Å². The van der Waals surface area contributed by atoms with E-state index in [4.69, 9.17) is 0 Å². The molecule has 96 valence electrons. The molecular weight excluding hydrogens is 242 g/mol. The van der Waals surface area contributed by atoms with Gasteiger partial charge in [0.2, 0.25) is 0 Å². The number of aromatic nitrogens is 2. The van der Waals surface area contributed by atoms with E-state index >= 15 is 0 Å². The van der Waals surface area contributed by atoms with Gasteiger partial charge >= 0.3 is 0 Å². The molecule has 0 unspecified atom stereocenters. The van der Waals surface area contributed by atoms with Crippen molar-refractivity contribution in [3.63, 3.8) is 0 Å². The summed E-state index contributed by atoms with van der Waals surface area (Å²) in [6.45, 7) is 4.04. The van der Waals surface area contributed by atoms with Crippen LogP contribution in [-0.4, -0.2) is 15.6 Å². The van der Waals surface area contributed by atoms with Gasteiger partial charge in [0.25, 0.3) is 0 Å². The highest BCUT2D eigenvalue weighted by molar-refractivity contribution is 7.09. The maximum absolute atomic E-state index is 4.60. The summed E-state index contributed by atoms with van der Waals surface area (Å²) >= 11 is 1.76. The third-order valence-corrected chi connectivity index (χ3v) is 4.27. The first-order valence-electron chi connectivity index (χ1n) is 6.65. The fraction of sp³-hybridized carbons (Fsp3) is 0.500. The summed E-state index contributed by atoms with van der Waals surface area (Å²) in [4.78, 5) is 4.60. The minimum atomic E-state index is 0.777. The van der Waals surface area contributed by atoms with Crippen LogP contribution >= 0.6 is 11.3 Å². The number of nitrogens with one attached hydrogen (secondary N) is 1. The van der Waals surface area contributed by atoms with Crippen molar-refractivity contribution >= 4 is 11.3 Å². The highest BCUT2D eigenvalue weighted by atomic mass is 32.1. The van der Waals surface area contributed by atoms with Gasteiger partial charge < -0.3 is 9.88 Å². The Morgan fingerprint density at radius 1 is 1.50 bits per heavy atom. The Bertz CT molecular complexity index is 511. The van der Waals surface area contributed by atoms with Crippen LogP contribution in [0.3, 0.4) is 0 Å². The Kier molecular flexibility index (Phi) is 3.48. The monoisotopic (exact) mass is 261 g/mol. The molecule has 0 bridgehead atoms. The molecule has 0 aliphatic heterocycles. The molecule has 1 fully saturated rings. The normalized spacial score (nSPS) is 15.2. The van der Waals surface area contributed by atoms with Crippen LogP contribution in [0.5, 0.6) is 0 Å². The summed E-state index contributed by atoms with van der Waals surface area (Å²) in [5, 5.41) is 6.93. The van der Waals surface area contributed by atoms with E-state index in [1.165, 1.54) is 29.1 Å². The van der Waals surface area contributed by atoms with E-state index in [1.54, 1.807) is 11.3 Å². The van der Waals surface area contributed by atoms with Crippen molar-refractivity contribution in [2.75, 3.05) is 0 Å². The summed E-state index contributed by atoms with van der Waals surface area (Å²) < 4.78 is 2.22. The minimum Gasteiger partial charge on any atom is -0.348 e. The molecule has 1 N–H and O–H groups in total. The van der Waals surface area contributed by atoms with E-state index in [0.29, 0.717) is 0 Å². The van der Waals surface area contributed by atoms with Gasteiger partial charge in [-0.2, -0.15) is 0 Å². The predicted octanol–water partition coefficient (Wildman–Crippen LogP) is 2.81. The molecule has 0 atom stereocenters. The second-order valence-electron chi connectivity index (χ2n) is 4.93. The van der Waals surface area contributed by atoms with Crippen molar-refractivity contribution in [1.29, 1.82) is 0 Å². The van der Waals surface area contributed by atoms with Crippen LogP contribution in [0, 0.1) is 0 Å². The lowest BCUT2D eigenvalue weighted by molar-refractivity contribution is 0.684. The quantitative estimate of drug-likeness (QED) is 0.866. The molecule has 0 aromatic carbocycles. The molecule has 0 saturated heterocycles. The van der Waals surface area contributed by atoms with Crippen LogP contribution in [-0.2, 0) is 19.5 Å². The van der Waals surface area contributed by atoms with Crippen LogP contribution in [0.25, 0.3) is 0 Å². The molecule has 3 rings (SSSR count). The maximum atomic E-state index is 4.60. The number of thiazole rings is 1. The molecule has 3 nitrogen and oxygen atoms in total. The van der Waals surface area contributed by atoms with Gasteiger partial charge in [-0.05, 0) is 30.9 Å². The summed E-state index contributed by atoms with van der Waals surface area (Å²) in [6.07, 6.45) is 8.10. The molecule has 0 spiro atoms. The Hall–Kier alpha value is -1.13. The molecule has 2 heterocycles. The summed E-state index contributed by atoms with van der Waals surface area (Å²) in [5.74, 6) is 0. The predicted molar refractivity (Wildman–Crippen MR) is 74.9 cm³/mol. The van der Waals surface area contributed by atoms with Gasteiger partial charge in [-0.3, -0.25) is 0 Å². The van der Waals surface area contributed by atoms with Gasteiger partial charge in [-0.1, -0.05) is 6.92 Å². The second-order valence-corrected chi connectivity index (χ2v) is 5.88. The van der Waals surface area contributed by atoms with Crippen LogP contribution in [0.4, 0.5) is 0 Å². The third-order valence-electron chi connectivity index (χ3n) is 3.23. The summed E-state index contributed by atoms with van der Waals surface area (Å²) in [6, 6.07) is 2.97. The van der Waals surface area contributed by atoms with Gasteiger partial charge in [0.1, 0.15) is 0 Å². The van der Waals surface area contributed by atoms with E-state index in [2.05, 4.69) is 45.6 Å². The van der Waals surface area contributed by atoms with E-state index in [-0.39, 0.29) is 0 Å². The van der Waals surface area contributed by atoms with Crippen LogP contribution in [0.2, 0.25) is 0 Å². The molecule has 18 heavy (non-hydrogen) atoms. The van der Waals surface area contributed by atoms with Crippen molar-refractivity contribution in [1.82, 2.24) is 14.9 Å². The Labute approximate surface area is 112 Å². The van der Waals surface area contributed by atoms with Crippen molar-refractivity contribution in [2.24, 2.45) is 0 Å². The Morgan fingerprint density at radius 2 is 2.39 bits per heavy atom. The van der Waals surface area contributed by atoms with Gasteiger partial charge in [0.05, 0.1) is 17.2 Å². The smallest absolute Gasteiger partial charge is 0.0926 e. The number of hydrogen-bond donors (Lipinski definition) is 1. The molecule has 2 aromatic rings. The first-order chi connectivity index (χ1) is 8.83. The fourth-order valence-electron chi connectivity index (χ4n) is 2.01. The number of rotatable bonds is 6. The standard InChI is InChI=1S/C14H19N3S/c1-2-14-16-13(10-18-14)9-17-6-5-11(8-17)7-15-12-3-4-12/h5-6,8,10,12,15H,2-4,7,9H2,1H3. The van der Waals surface area contributed by atoms with Crippen molar-refractivity contribution in [3.05, 3.63) is 40.1 Å². The average Bonchev–Trinajstić information content (AvgIpc) is 2.93. The van der Waals surface area contributed by atoms with Crippen molar-refractivity contribution < 1.29 is 0 Å². The summed E-state index contributed by atoms with van der Waals surface area (Å²) in [5.41, 5.74) is 2.54. The third kappa shape index (κ3) is 3.00. The lowest BCUT2D eigenvalue weighted by Gasteiger charge is -2.00. The largest absolute Gasteiger partial charge is 0.348 e. The molecule has 0 radical (unpaired) electrons. The number of hydrogen-bond acceptors (Lipinski definition) is 3. The maximum Gasteiger partial charge on any atom is 0.0926 e. The SMILES string of the molecule is CCc1nc(Cn2ccc(CNC3CC3)c2)cs1. The molecule has 2 aromatic heterocycles. The average molecular weight is 261 g/mol. The first-order valence-corrected chi connectivity index (χ1v) is 7.53.